The predicted octanol–water partition coefficient (Wildman–Crippen LogP) is 1.23. The summed E-state index contributed by atoms with van der Waals surface area (Å²) in [5.41, 5.74) is 0.654. The topological polar surface area (TPSA) is 109 Å². The van der Waals surface area contributed by atoms with Crippen molar-refractivity contribution in [3.8, 4) is 0 Å². The molecule has 1 amide bonds. The minimum Gasteiger partial charge on any atom is -0.475 e. The molecule has 9 nitrogen and oxygen atoms in total. The van der Waals surface area contributed by atoms with E-state index in [1.165, 1.54) is 0 Å². The van der Waals surface area contributed by atoms with Crippen LogP contribution in [0.5, 0.6) is 0 Å². The van der Waals surface area contributed by atoms with E-state index in [4.69, 9.17) is 14.6 Å². The lowest BCUT2D eigenvalue weighted by Crippen LogP contribution is -2.51. The second-order valence-corrected chi connectivity index (χ2v) is 6.47. The molecule has 0 bridgehead atoms. The zero-order valence-corrected chi connectivity index (χ0v) is 15.6. The van der Waals surface area contributed by atoms with Crippen LogP contribution in [0.4, 0.5) is 19.1 Å². The van der Waals surface area contributed by atoms with Crippen molar-refractivity contribution in [3.63, 3.8) is 0 Å². The number of alkyl halides is 3. The molecule has 160 valence electrons. The standard InChI is InChI=1S/C16H17N5O2.C2HF3O2/c22-15(12-2-6-17-7-3-12)20-10-13-14(11-20)23-9-8-21(13)16-18-4-1-5-19-16;3-2(4,5)1(6)7/h1-7,13-14H,8-11H2;(H,6,7)/t13-,14+;/m1./s1. The lowest BCUT2D eigenvalue weighted by molar-refractivity contribution is -0.192. The molecule has 2 aromatic rings. The van der Waals surface area contributed by atoms with E-state index in [1.54, 1.807) is 43.0 Å². The van der Waals surface area contributed by atoms with Crippen LogP contribution in [-0.2, 0) is 9.53 Å². The second kappa shape index (κ2) is 9.03. The van der Waals surface area contributed by atoms with Gasteiger partial charge in [0.25, 0.3) is 5.91 Å². The fourth-order valence-corrected chi connectivity index (χ4v) is 3.22. The summed E-state index contributed by atoms with van der Waals surface area (Å²) in [6, 6.07) is 5.37. The normalized spacial score (nSPS) is 20.8. The van der Waals surface area contributed by atoms with Gasteiger partial charge in [0.15, 0.2) is 0 Å². The number of ether oxygens (including phenoxy) is 1. The number of carbonyl (C=O) groups is 2. The molecule has 30 heavy (non-hydrogen) atoms. The lowest BCUT2D eigenvalue weighted by atomic mass is 10.1. The van der Waals surface area contributed by atoms with Crippen LogP contribution in [0, 0.1) is 0 Å². The summed E-state index contributed by atoms with van der Waals surface area (Å²) in [6.07, 6.45) is 1.66. The Morgan fingerprint density at radius 1 is 1.10 bits per heavy atom. The van der Waals surface area contributed by atoms with Crippen LogP contribution in [0.3, 0.4) is 0 Å². The molecule has 2 aliphatic heterocycles. The molecule has 4 rings (SSSR count). The van der Waals surface area contributed by atoms with Crippen LogP contribution in [-0.4, -0.2) is 81.4 Å². The van der Waals surface area contributed by atoms with Gasteiger partial charge in [0, 0.05) is 50.0 Å². The number of hydrogen-bond donors (Lipinski definition) is 1. The van der Waals surface area contributed by atoms with Crippen molar-refractivity contribution in [2.24, 2.45) is 0 Å². The Bertz CT molecular complexity index is 869. The molecule has 2 atom stereocenters. The van der Waals surface area contributed by atoms with Crippen LogP contribution >= 0.6 is 0 Å². The van der Waals surface area contributed by atoms with Crippen LogP contribution in [0.15, 0.2) is 43.0 Å². The van der Waals surface area contributed by atoms with Gasteiger partial charge in [-0.3, -0.25) is 9.78 Å². The predicted molar refractivity (Wildman–Crippen MR) is 96.7 cm³/mol. The monoisotopic (exact) mass is 425 g/mol. The number of fused-ring (bicyclic) bond motifs is 1. The van der Waals surface area contributed by atoms with E-state index in [-0.39, 0.29) is 18.1 Å². The second-order valence-electron chi connectivity index (χ2n) is 6.47. The number of likely N-dealkylation sites (tertiary alicyclic amines) is 1. The molecule has 2 aliphatic rings. The number of rotatable bonds is 2. The summed E-state index contributed by atoms with van der Waals surface area (Å²) >= 11 is 0. The number of aliphatic carboxylic acids is 1. The molecule has 2 fully saturated rings. The van der Waals surface area contributed by atoms with Gasteiger partial charge in [-0.2, -0.15) is 13.2 Å². The third-order valence-corrected chi connectivity index (χ3v) is 4.57. The molecule has 0 unspecified atom stereocenters. The molecule has 1 N–H and O–H groups in total. The zero-order valence-electron chi connectivity index (χ0n) is 15.6. The van der Waals surface area contributed by atoms with E-state index in [0.717, 1.165) is 6.54 Å². The highest BCUT2D eigenvalue weighted by Gasteiger charge is 2.43. The number of nitrogens with zero attached hydrogens (tertiary/aromatic N) is 5. The number of anilines is 1. The average Bonchev–Trinajstić information content (AvgIpc) is 3.18. The van der Waals surface area contributed by atoms with Crippen LogP contribution in [0.1, 0.15) is 10.4 Å². The van der Waals surface area contributed by atoms with Crippen molar-refractivity contribution in [2.75, 3.05) is 31.1 Å². The summed E-state index contributed by atoms with van der Waals surface area (Å²) in [4.78, 5) is 38.1. The van der Waals surface area contributed by atoms with Crippen molar-refractivity contribution in [1.29, 1.82) is 0 Å². The molecule has 0 aromatic carbocycles. The van der Waals surface area contributed by atoms with Crippen molar-refractivity contribution in [3.05, 3.63) is 48.5 Å². The molecule has 0 saturated carbocycles. The Kier molecular flexibility index (Phi) is 6.45. The SMILES string of the molecule is O=C(O)C(F)(F)F.O=C(c1ccncc1)N1C[C@@H]2OCCN(c3ncccn3)[C@@H]2C1. The van der Waals surface area contributed by atoms with Gasteiger partial charge >= 0.3 is 12.1 Å². The van der Waals surface area contributed by atoms with Gasteiger partial charge < -0.3 is 19.6 Å². The Hall–Kier alpha value is -3.28. The smallest absolute Gasteiger partial charge is 0.475 e. The van der Waals surface area contributed by atoms with Gasteiger partial charge in [0.2, 0.25) is 5.95 Å². The largest absolute Gasteiger partial charge is 0.490 e. The van der Waals surface area contributed by atoms with Gasteiger partial charge in [-0.05, 0) is 18.2 Å². The first kappa shape index (κ1) is 21.4. The van der Waals surface area contributed by atoms with Crippen molar-refractivity contribution in [1.82, 2.24) is 19.9 Å². The van der Waals surface area contributed by atoms with Gasteiger partial charge in [-0.1, -0.05) is 0 Å². The first-order valence-electron chi connectivity index (χ1n) is 8.92. The minimum absolute atomic E-state index is 0.00153. The highest BCUT2D eigenvalue weighted by molar-refractivity contribution is 5.94. The number of carbonyl (C=O) groups excluding carboxylic acids is 1. The first-order valence-corrected chi connectivity index (χ1v) is 8.92. The number of halogens is 3. The average molecular weight is 425 g/mol. The molecule has 0 aliphatic carbocycles. The van der Waals surface area contributed by atoms with Crippen molar-refractivity contribution < 1.29 is 32.6 Å². The molecular formula is C18H18F3N5O4. The fourth-order valence-electron chi connectivity index (χ4n) is 3.22. The summed E-state index contributed by atoms with van der Waals surface area (Å²) in [5, 5.41) is 7.12. The third-order valence-electron chi connectivity index (χ3n) is 4.57. The highest BCUT2D eigenvalue weighted by atomic mass is 19.4. The lowest BCUT2D eigenvalue weighted by Gasteiger charge is -2.36. The van der Waals surface area contributed by atoms with Crippen LogP contribution in [0.25, 0.3) is 0 Å². The number of amides is 1. The van der Waals surface area contributed by atoms with Gasteiger partial charge in [0.1, 0.15) is 0 Å². The van der Waals surface area contributed by atoms with E-state index in [1.807, 2.05) is 4.90 Å². The van der Waals surface area contributed by atoms with Crippen LogP contribution < -0.4 is 4.90 Å². The quantitative estimate of drug-likeness (QED) is 0.766. The van der Waals surface area contributed by atoms with Gasteiger partial charge in [-0.25, -0.2) is 14.8 Å². The molecule has 12 heteroatoms. The van der Waals surface area contributed by atoms with E-state index in [0.29, 0.717) is 31.2 Å². The minimum atomic E-state index is -5.08. The Labute approximate surface area is 169 Å². The molecule has 0 spiro atoms. The molecule has 4 heterocycles. The van der Waals surface area contributed by atoms with Crippen molar-refractivity contribution in [2.45, 2.75) is 18.3 Å². The Morgan fingerprint density at radius 2 is 1.73 bits per heavy atom. The fraction of sp³-hybridized carbons (Fsp3) is 0.389. The van der Waals surface area contributed by atoms with Gasteiger partial charge in [-0.15, -0.1) is 0 Å². The maximum absolute atomic E-state index is 12.6. The Morgan fingerprint density at radius 3 is 2.33 bits per heavy atom. The van der Waals surface area contributed by atoms with E-state index >= 15 is 0 Å². The summed E-state index contributed by atoms with van der Waals surface area (Å²) in [5.74, 6) is -2.05. The van der Waals surface area contributed by atoms with Crippen LogP contribution in [0.2, 0.25) is 0 Å². The summed E-state index contributed by atoms with van der Waals surface area (Å²) in [6.45, 7) is 2.57. The Balaban J connectivity index is 0.000000318. The van der Waals surface area contributed by atoms with E-state index < -0.39 is 12.1 Å². The number of pyridine rings is 1. The van der Waals surface area contributed by atoms with E-state index in [2.05, 4.69) is 19.9 Å². The maximum atomic E-state index is 12.6. The summed E-state index contributed by atoms with van der Waals surface area (Å²) < 4.78 is 37.6. The number of morpholine rings is 1. The molecule has 0 radical (unpaired) electrons. The molecule has 2 saturated heterocycles. The maximum Gasteiger partial charge on any atom is 0.490 e. The molecule has 2 aromatic heterocycles. The highest BCUT2D eigenvalue weighted by Crippen LogP contribution is 2.26. The third kappa shape index (κ3) is 5.00. The number of carboxylic acids is 1. The number of aromatic nitrogens is 3. The zero-order chi connectivity index (χ0) is 21.7. The molecular weight excluding hydrogens is 407 g/mol. The summed E-state index contributed by atoms with van der Waals surface area (Å²) in [7, 11) is 0. The van der Waals surface area contributed by atoms with Crippen molar-refractivity contribution >= 4 is 17.8 Å². The van der Waals surface area contributed by atoms with E-state index in [9.17, 15) is 18.0 Å². The number of carboxylic acid groups (broad SMARTS) is 1. The first-order chi connectivity index (χ1) is 14.3. The van der Waals surface area contributed by atoms with Gasteiger partial charge in [0.05, 0.1) is 18.8 Å². The number of hydrogen-bond acceptors (Lipinski definition) is 7.